The second kappa shape index (κ2) is 14.8. The van der Waals surface area contributed by atoms with E-state index in [0.717, 1.165) is 65.6 Å². The average Bonchev–Trinajstić information content (AvgIpc) is 3.63. The Balaban J connectivity index is 0.00000400. The summed E-state index contributed by atoms with van der Waals surface area (Å²) in [5, 5.41) is 18.2. The molecule has 45 heavy (non-hydrogen) atoms. The van der Waals surface area contributed by atoms with Crippen molar-refractivity contribution in [2.45, 2.75) is 84.0 Å². The van der Waals surface area contributed by atoms with Crippen molar-refractivity contribution < 1.29 is 14.4 Å². The van der Waals surface area contributed by atoms with Crippen LogP contribution in [0.1, 0.15) is 74.6 Å². The van der Waals surface area contributed by atoms with E-state index in [-0.39, 0.29) is 69.1 Å². The number of aliphatic hydroxyl groups excluding tert-OH is 1. The molecule has 5 aromatic rings. The first-order valence-electron chi connectivity index (χ1n) is 15.4. The summed E-state index contributed by atoms with van der Waals surface area (Å²) in [7, 11) is 0. The van der Waals surface area contributed by atoms with Crippen molar-refractivity contribution >= 4 is 57.2 Å². The van der Waals surface area contributed by atoms with Gasteiger partial charge >= 0.3 is 57.1 Å². The van der Waals surface area contributed by atoms with Crippen molar-refractivity contribution in [1.29, 1.82) is 0 Å². The number of aromatic amines is 1. The van der Waals surface area contributed by atoms with Gasteiger partial charge in [-0.05, 0) is 62.6 Å². The summed E-state index contributed by atoms with van der Waals surface area (Å²) in [4.78, 5) is 33.3. The molecule has 0 spiro atoms. The summed E-state index contributed by atoms with van der Waals surface area (Å²) in [5.74, 6) is 1.01. The van der Waals surface area contributed by atoms with Gasteiger partial charge in [-0.2, -0.15) is 10.1 Å². The Bertz CT molecular complexity index is 1870. The van der Waals surface area contributed by atoms with Gasteiger partial charge < -0.3 is 9.84 Å². The Hall–Kier alpha value is -2.71. The quantitative estimate of drug-likeness (QED) is 0.219. The summed E-state index contributed by atoms with van der Waals surface area (Å²) in [6, 6.07) is 15.8. The van der Waals surface area contributed by atoms with Crippen LogP contribution in [0.4, 0.5) is 0 Å². The molecule has 1 unspecified atom stereocenters. The number of fused-ring (bicyclic) bond motifs is 1. The number of H-pyrrole nitrogens is 1. The van der Waals surface area contributed by atoms with Crippen molar-refractivity contribution in [3.8, 4) is 22.5 Å². The van der Waals surface area contributed by atoms with Gasteiger partial charge in [0.15, 0.2) is 5.82 Å². The molecule has 0 bridgehead atoms. The number of nitrogens with one attached hydrogen (secondary N) is 1. The Morgan fingerprint density at radius 3 is 2.42 bits per heavy atom. The van der Waals surface area contributed by atoms with Gasteiger partial charge in [-0.25, -0.2) is 9.31 Å². The van der Waals surface area contributed by atoms with Gasteiger partial charge in [-0.15, -0.1) is 0 Å². The first-order valence-corrected chi connectivity index (χ1v) is 15.4. The van der Waals surface area contributed by atoms with E-state index < -0.39 is 11.9 Å². The summed E-state index contributed by atoms with van der Waals surface area (Å²) in [6.07, 6.45) is 4.87. The predicted octanol–water partition coefficient (Wildman–Crippen LogP) is 3.99. The Morgan fingerprint density at radius 1 is 1.07 bits per heavy atom. The maximum atomic E-state index is 14.4. The fraction of sp³-hybridized carbons (Fsp3) is 0.424. The molecule has 1 fully saturated rings. The molecule has 1 atom stereocenters. The monoisotopic (exact) mass is 638 g/mol. The van der Waals surface area contributed by atoms with Crippen molar-refractivity contribution in [2.24, 2.45) is 0 Å². The summed E-state index contributed by atoms with van der Waals surface area (Å²) in [5.41, 5.74) is 5.27. The molecule has 0 aliphatic heterocycles. The van der Waals surface area contributed by atoms with Gasteiger partial charge in [0.1, 0.15) is 5.82 Å². The Kier molecular flexibility index (Phi) is 11.1. The Morgan fingerprint density at radius 2 is 1.78 bits per heavy atom. The molecule has 2 aromatic carbocycles. The third-order valence-corrected chi connectivity index (χ3v) is 8.33. The molecule has 2 N–H and O–H groups in total. The molecule has 232 valence electrons. The van der Waals surface area contributed by atoms with E-state index in [1.807, 2.05) is 64.5 Å². The van der Waals surface area contributed by atoms with E-state index in [4.69, 9.17) is 19.3 Å². The third kappa shape index (κ3) is 7.32. The number of aliphatic hydroxyl groups is 1. The molecule has 6 rings (SSSR count). The molecule has 12 heteroatoms. The fourth-order valence-corrected chi connectivity index (χ4v) is 6.27. The van der Waals surface area contributed by atoms with Crippen LogP contribution in [0.15, 0.2) is 62.6 Å². The number of aromatic nitrogens is 6. The third-order valence-electron chi connectivity index (χ3n) is 8.33. The number of nitrogens with zero attached hydrogens (tertiary/aromatic N) is 5. The van der Waals surface area contributed by atoms with Gasteiger partial charge in [0.25, 0.3) is 5.56 Å². The van der Waals surface area contributed by atoms with Crippen LogP contribution < -0.4 is 11.3 Å². The van der Waals surface area contributed by atoms with Gasteiger partial charge in [-0.1, -0.05) is 67.0 Å². The minimum atomic E-state index is -0.601. The minimum absolute atomic E-state index is 0. The molecule has 0 saturated heterocycles. The zero-order valence-electron chi connectivity index (χ0n) is 25.3. The number of rotatable bonds is 10. The van der Waals surface area contributed by atoms with Crippen LogP contribution in [0.2, 0.25) is 0 Å². The zero-order valence-corrected chi connectivity index (χ0v) is 25.3. The molecule has 0 amide bonds. The van der Waals surface area contributed by atoms with Crippen molar-refractivity contribution in [3.63, 3.8) is 0 Å². The second-order valence-electron chi connectivity index (χ2n) is 11.7. The average molecular weight is 639 g/mol. The van der Waals surface area contributed by atoms with Crippen LogP contribution >= 0.6 is 0 Å². The van der Waals surface area contributed by atoms with E-state index in [1.165, 1.54) is 0 Å². The Labute approximate surface area is 303 Å². The number of ether oxygens (including phenoxy) is 1. The molecule has 11 nitrogen and oxygen atoms in total. The number of aryl methyl sites for hydroxylation is 2. The SMILES string of the molecule is CCCc1c(Cc2ccc(-c3ccccc3-c3noc(=O)[nH]3)cc2)c(=O)n([C@H]2CC[C@H](OCC(C)O)CC2)c2nc(C)nn12.[KH]. The summed E-state index contributed by atoms with van der Waals surface area (Å²) < 4.78 is 14.4. The van der Waals surface area contributed by atoms with Crippen LogP contribution in [0.3, 0.4) is 0 Å². The van der Waals surface area contributed by atoms with Crippen LogP contribution in [-0.2, 0) is 17.6 Å². The molecule has 0 radical (unpaired) electrons. The van der Waals surface area contributed by atoms with Gasteiger partial charge in [0.05, 0.1) is 24.5 Å². The van der Waals surface area contributed by atoms with E-state index in [9.17, 15) is 14.7 Å². The summed E-state index contributed by atoms with van der Waals surface area (Å²) >= 11 is 0. The van der Waals surface area contributed by atoms with Gasteiger partial charge in [0, 0.05) is 23.6 Å². The molecule has 1 aliphatic rings. The number of hydrogen-bond donors (Lipinski definition) is 2. The molecule has 1 saturated carbocycles. The van der Waals surface area contributed by atoms with E-state index in [1.54, 1.807) is 6.92 Å². The molecular formula is C33H39KN6O5. The predicted molar refractivity (Wildman–Crippen MR) is 173 cm³/mol. The summed E-state index contributed by atoms with van der Waals surface area (Å²) in [6.45, 7) is 6.02. The maximum absolute atomic E-state index is 14.4. The molecule has 1 aliphatic carbocycles. The fourth-order valence-electron chi connectivity index (χ4n) is 6.27. The van der Waals surface area contributed by atoms with Gasteiger partial charge in [0.2, 0.25) is 5.78 Å². The van der Waals surface area contributed by atoms with Crippen molar-refractivity contribution in [2.75, 3.05) is 6.61 Å². The topological polar surface area (TPSA) is 141 Å². The van der Waals surface area contributed by atoms with E-state index in [0.29, 0.717) is 36.9 Å². The van der Waals surface area contributed by atoms with Crippen LogP contribution in [0.25, 0.3) is 28.3 Å². The van der Waals surface area contributed by atoms with E-state index in [2.05, 4.69) is 17.1 Å². The van der Waals surface area contributed by atoms with Crippen molar-refractivity contribution in [3.05, 3.63) is 92.1 Å². The van der Waals surface area contributed by atoms with Crippen LogP contribution in [-0.4, -0.2) is 105 Å². The molecule has 3 heterocycles. The van der Waals surface area contributed by atoms with Crippen LogP contribution in [0, 0.1) is 6.92 Å². The van der Waals surface area contributed by atoms with Gasteiger partial charge in [-0.3, -0.25) is 18.9 Å². The number of benzene rings is 2. The van der Waals surface area contributed by atoms with Crippen molar-refractivity contribution in [1.82, 2.24) is 29.3 Å². The van der Waals surface area contributed by atoms with E-state index >= 15 is 0 Å². The second-order valence-corrected chi connectivity index (χ2v) is 11.7. The molecule has 3 aromatic heterocycles. The first kappa shape index (κ1) is 33.6. The van der Waals surface area contributed by atoms with Crippen LogP contribution in [0.5, 0.6) is 0 Å². The molecular weight excluding hydrogens is 599 g/mol. The normalized spacial score (nSPS) is 17.3. The first-order chi connectivity index (χ1) is 21.3. The standard InChI is InChI=1S/C33H38N6O5.K.H/c1-4-7-29-28(18-22-10-12-23(13-11-22)26-8-5-6-9-27(26)30-35-33(42)44-37-30)31(41)38(32-34-21(3)36-39(29)32)24-14-16-25(17-15-24)43-19-20(2)40;;/h5-6,8-13,20,24-25,40H,4,7,14-19H2,1-3H3,(H,35,37,42);;/t20?,24-,25-;;. The number of hydrogen-bond acceptors (Lipinski definition) is 8. The zero-order chi connectivity index (χ0) is 30.8.